The first-order valence-corrected chi connectivity index (χ1v) is 6.43. The molecule has 88 valence electrons. The van der Waals surface area contributed by atoms with Crippen LogP contribution in [-0.4, -0.2) is 11.1 Å². The fourth-order valence-electron chi connectivity index (χ4n) is 2.04. The Balaban J connectivity index is 2.27. The van der Waals surface area contributed by atoms with E-state index in [9.17, 15) is 4.79 Å². The van der Waals surface area contributed by atoms with Gasteiger partial charge in [-0.3, -0.25) is 0 Å². The maximum Gasteiger partial charge on any atom is 0.335 e. The highest BCUT2D eigenvalue weighted by atomic mass is 32.2. The lowest BCUT2D eigenvalue weighted by molar-refractivity contribution is 0.0697. The lowest BCUT2D eigenvalue weighted by Gasteiger charge is -2.09. The Morgan fingerprint density at radius 3 is 2.72 bits per heavy atom. The van der Waals surface area contributed by atoms with E-state index in [1.165, 1.54) is 0 Å². The van der Waals surface area contributed by atoms with E-state index in [0.29, 0.717) is 5.56 Å². The number of benzene rings is 2. The maximum atomic E-state index is 11.1. The van der Waals surface area contributed by atoms with Crippen LogP contribution in [0, 0.1) is 0 Å². The van der Waals surface area contributed by atoms with Crippen molar-refractivity contribution < 1.29 is 9.90 Å². The van der Waals surface area contributed by atoms with Gasteiger partial charge in [0.05, 0.1) is 5.56 Å². The molecule has 3 heteroatoms. The average Bonchev–Trinajstić information content (AvgIpc) is 2.57. The molecule has 0 fully saturated rings. The van der Waals surface area contributed by atoms with Crippen LogP contribution in [0.3, 0.4) is 0 Å². The topological polar surface area (TPSA) is 37.3 Å². The lowest BCUT2D eigenvalue weighted by Crippen LogP contribution is -1.97. The second kappa shape index (κ2) is 4.35. The van der Waals surface area contributed by atoms with Gasteiger partial charge in [-0.05, 0) is 46.4 Å². The summed E-state index contributed by atoms with van der Waals surface area (Å²) in [5.74, 6) is -0.891. The molecule has 2 aromatic rings. The van der Waals surface area contributed by atoms with Gasteiger partial charge < -0.3 is 5.11 Å². The van der Waals surface area contributed by atoms with E-state index in [1.807, 2.05) is 35.7 Å². The molecule has 0 spiro atoms. The van der Waals surface area contributed by atoms with Gasteiger partial charge in [-0.2, -0.15) is 0 Å². The highest BCUT2D eigenvalue weighted by molar-refractivity contribution is 8.02. The first-order valence-electron chi connectivity index (χ1n) is 5.55. The Labute approximate surface area is 109 Å². The molecule has 1 aliphatic rings. The van der Waals surface area contributed by atoms with Gasteiger partial charge in [-0.25, -0.2) is 4.79 Å². The van der Waals surface area contributed by atoms with Crippen molar-refractivity contribution >= 4 is 23.8 Å². The number of hydrogen-bond acceptors (Lipinski definition) is 2. The molecule has 1 N–H and O–H groups in total. The fraction of sp³-hybridized carbons (Fsp3) is 0. The quantitative estimate of drug-likeness (QED) is 0.831. The van der Waals surface area contributed by atoms with Crippen molar-refractivity contribution in [1.29, 1.82) is 0 Å². The summed E-state index contributed by atoms with van der Waals surface area (Å²) in [7, 11) is 0. The zero-order valence-corrected chi connectivity index (χ0v) is 10.3. The predicted octanol–water partition coefficient (Wildman–Crippen LogP) is 4.13. The minimum absolute atomic E-state index is 0.325. The van der Waals surface area contributed by atoms with Gasteiger partial charge in [0.1, 0.15) is 0 Å². The molecule has 2 nitrogen and oxygen atoms in total. The van der Waals surface area contributed by atoms with Crippen molar-refractivity contribution in [2.45, 2.75) is 4.90 Å². The number of rotatable bonds is 1. The predicted molar refractivity (Wildman–Crippen MR) is 73.7 cm³/mol. The zero-order valence-electron chi connectivity index (χ0n) is 9.46. The summed E-state index contributed by atoms with van der Waals surface area (Å²) in [5, 5.41) is 11.1. The molecular formula is C15H10O2S. The number of carboxylic acids is 1. The molecule has 0 saturated carbocycles. The molecule has 0 unspecified atom stereocenters. The van der Waals surface area contributed by atoms with Crippen LogP contribution in [0.15, 0.2) is 52.8 Å². The van der Waals surface area contributed by atoms with Crippen LogP contribution in [0.2, 0.25) is 0 Å². The van der Waals surface area contributed by atoms with Crippen molar-refractivity contribution in [3.63, 3.8) is 0 Å². The molecule has 0 atom stereocenters. The van der Waals surface area contributed by atoms with Crippen LogP contribution in [-0.2, 0) is 0 Å². The van der Waals surface area contributed by atoms with Crippen LogP contribution in [0.1, 0.15) is 15.9 Å². The van der Waals surface area contributed by atoms with Crippen molar-refractivity contribution in [1.82, 2.24) is 0 Å². The largest absolute Gasteiger partial charge is 0.478 e. The van der Waals surface area contributed by atoms with E-state index in [0.717, 1.165) is 21.6 Å². The number of carbonyl (C=O) groups is 1. The lowest BCUT2D eigenvalue weighted by atomic mass is 9.98. The fourth-order valence-corrected chi connectivity index (χ4v) is 2.85. The SMILES string of the molecule is O=C(O)c1ccc2c(c1)-c1ccccc1C=CS2. The Morgan fingerprint density at radius 1 is 1.06 bits per heavy atom. The highest BCUT2D eigenvalue weighted by Crippen LogP contribution is 2.38. The summed E-state index contributed by atoms with van der Waals surface area (Å²) in [6.45, 7) is 0. The van der Waals surface area contributed by atoms with Crippen LogP contribution in [0.25, 0.3) is 17.2 Å². The van der Waals surface area contributed by atoms with Crippen molar-refractivity contribution in [2.24, 2.45) is 0 Å². The van der Waals surface area contributed by atoms with Gasteiger partial charge in [0, 0.05) is 4.90 Å². The Hall–Kier alpha value is -2.00. The molecule has 1 heterocycles. The summed E-state index contributed by atoms with van der Waals surface area (Å²) in [6, 6.07) is 13.3. The molecule has 1 aliphatic heterocycles. The standard InChI is InChI=1S/C15H10O2S/c16-15(17)11-5-6-14-13(9-11)12-4-2-1-3-10(12)7-8-18-14/h1-9H,(H,16,17). The van der Waals surface area contributed by atoms with Crippen molar-refractivity contribution in [3.8, 4) is 11.1 Å². The van der Waals surface area contributed by atoms with Crippen LogP contribution in [0.4, 0.5) is 0 Å². The maximum absolute atomic E-state index is 11.1. The smallest absolute Gasteiger partial charge is 0.335 e. The average molecular weight is 254 g/mol. The van der Waals surface area contributed by atoms with E-state index in [-0.39, 0.29) is 0 Å². The Morgan fingerprint density at radius 2 is 1.89 bits per heavy atom. The van der Waals surface area contributed by atoms with E-state index in [1.54, 1.807) is 23.9 Å². The minimum Gasteiger partial charge on any atom is -0.478 e. The molecule has 0 aliphatic carbocycles. The summed E-state index contributed by atoms with van der Waals surface area (Å²) in [6.07, 6.45) is 2.06. The van der Waals surface area contributed by atoms with E-state index >= 15 is 0 Å². The van der Waals surface area contributed by atoms with Gasteiger partial charge in [0.2, 0.25) is 0 Å². The van der Waals surface area contributed by atoms with Crippen molar-refractivity contribution in [3.05, 3.63) is 59.0 Å². The Bertz CT molecular complexity index is 659. The van der Waals surface area contributed by atoms with Gasteiger partial charge >= 0.3 is 5.97 Å². The van der Waals surface area contributed by atoms with Crippen molar-refractivity contribution in [2.75, 3.05) is 0 Å². The minimum atomic E-state index is -0.891. The second-order valence-corrected chi connectivity index (χ2v) is 4.97. The van der Waals surface area contributed by atoms with Gasteiger partial charge in [0.25, 0.3) is 0 Å². The third-order valence-electron chi connectivity index (χ3n) is 2.92. The number of aromatic carboxylic acids is 1. The van der Waals surface area contributed by atoms with Gasteiger partial charge in [0.15, 0.2) is 0 Å². The molecular weight excluding hydrogens is 244 g/mol. The van der Waals surface area contributed by atoms with E-state index in [2.05, 4.69) is 6.08 Å². The molecule has 2 aromatic carbocycles. The highest BCUT2D eigenvalue weighted by Gasteiger charge is 2.13. The molecule has 0 aromatic heterocycles. The van der Waals surface area contributed by atoms with Gasteiger partial charge in [-0.15, -0.1) is 0 Å². The molecule has 18 heavy (non-hydrogen) atoms. The van der Waals surface area contributed by atoms with Gasteiger partial charge in [-0.1, -0.05) is 36.0 Å². The summed E-state index contributed by atoms with van der Waals surface area (Å²) in [5.41, 5.74) is 3.51. The van der Waals surface area contributed by atoms with Crippen LogP contribution >= 0.6 is 11.8 Å². The van der Waals surface area contributed by atoms with E-state index < -0.39 is 5.97 Å². The number of fused-ring (bicyclic) bond motifs is 3. The molecule has 3 rings (SSSR count). The number of thioether (sulfide) groups is 1. The Kier molecular flexibility index (Phi) is 2.68. The first-order chi connectivity index (χ1) is 8.75. The zero-order chi connectivity index (χ0) is 12.5. The number of hydrogen-bond donors (Lipinski definition) is 1. The van der Waals surface area contributed by atoms with E-state index in [4.69, 9.17) is 5.11 Å². The monoisotopic (exact) mass is 254 g/mol. The van der Waals surface area contributed by atoms with Crippen LogP contribution < -0.4 is 0 Å². The second-order valence-electron chi connectivity index (χ2n) is 4.02. The summed E-state index contributed by atoms with van der Waals surface area (Å²) >= 11 is 1.61. The normalized spacial score (nSPS) is 12.4. The molecule has 0 saturated heterocycles. The third-order valence-corrected chi connectivity index (χ3v) is 3.80. The summed E-state index contributed by atoms with van der Waals surface area (Å²) < 4.78 is 0. The van der Waals surface area contributed by atoms with Crippen LogP contribution in [0.5, 0.6) is 0 Å². The molecule has 0 amide bonds. The summed E-state index contributed by atoms with van der Waals surface area (Å²) in [4.78, 5) is 12.1. The molecule has 0 radical (unpaired) electrons. The first kappa shape index (κ1) is 11.1. The third kappa shape index (κ3) is 1.83. The number of carboxylic acid groups (broad SMARTS) is 1. The molecule has 0 bridgehead atoms.